The third kappa shape index (κ3) is 1.81. The van der Waals surface area contributed by atoms with E-state index >= 15 is 0 Å². The molecule has 0 fully saturated rings. The summed E-state index contributed by atoms with van der Waals surface area (Å²) in [5, 5.41) is 21.1. The summed E-state index contributed by atoms with van der Waals surface area (Å²) in [6, 6.07) is 4.30. The highest BCUT2D eigenvalue weighted by Gasteiger charge is 2.19. The zero-order valence-corrected chi connectivity index (χ0v) is 9.77. The number of pyridine rings is 1. The zero-order chi connectivity index (χ0) is 13.3. The van der Waals surface area contributed by atoms with Gasteiger partial charge in [0.2, 0.25) is 0 Å². The molecule has 1 heterocycles. The topological polar surface area (TPSA) is 96.2 Å². The summed E-state index contributed by atoms with van der Waals surface area (Å²) in [5.41, 5.74) is -0.146. The lowest BCUT2D eigenvalue weighted by molar-refractivity contribution is -0.383. The number of aromatic nitrogens is 1. The molecule has 0 aliphatic carbocycles. The highest BCUT2D eigenvalue weighted by atomic mass is 16.6. The molecule has 6 nitrogen and oxygen atoms in total. The summed E-state index contributed by atoms with van der Waals surface area (Å²) in [6.07, 6.45) is 1.05. The molecule has 2 aromatic rings. The molecule has 0 aliphatic rings. The van der Waals surface area contributed by atoms with Gasteiger partial charge in [0, 0.05) is 6.07 Å². The summed E-state index contributed by atoms with van der Waals surface area (Å²) < 4.78 is 0. The van der Waals surface area contributed by atoms with Crippen molar-refractivity contribution in [1.82, 2.24) is 4.98 Å². The Morgan fingerprint density at radius 1 is 1.44 bits per heavy atom. The number of fused-ring (bicyclic) bond motifs is 1. The molecule has 94 valence electrons. The summed E-state index contributed by atoms with van der Waals surface area (Å²) in [6.45, 7) is 1.86. The van der Waals surface area contributed by atoms with Crippen molar-refractivity contribution in [3.63, 3.8) is 0 Å². The third-order valence-corrected chi connectivity index (χ3v) is 2.78. The van der Waals surface area contributed by atoms with Crippen molar-refractivity contribution in [2.45, 2.75) is 19.8 Å². The number of aromatic amines is 1. The molecule has 2 rings (SSSR count). The molecule has 0 spiro atoms. The fourth-order valence-electron chi connectivity index (χ4n) is 1.98. The van der Waals surface area contributed by atoms with Crippen molar-refractivity contribution < 1.29 is 10.0 Å². The maximum absolute atomic E-state index is 11.7. The van der Waals surface area contributed by atoms with Gasteiger partial charge < -0.3 is 10.1 Å². The van der Waals surface area contributed by atoms with Gasteiger partial charge in [-0.15, -0.1) is 0 Å². The molecule has 18 heavy (non-hydrogen) atoms. The molecule has 0 radical (unpaired) electrons. The predicted octanol–water partition coefficient (Wildman–Crippen LogP) is 2.09. The maximum atomic E-state index is 11.7. The van der Waals surface area contributed by atoms with Gasteiger partial charge in [0.1, 0.15) is 11.1 Å². The van der Waals surface area contributed by atoms with Crippen LogP contribution < -0.4 is 5.56 Å². The summed E-state index contributed by atoms with van der Waals surface area (Å²) in [4.78, 5) is 24.6. The van der Waals surface area contributed by atoms with Gasteiger partial charge in [-0.2, -0.15) is 0 Å². The van der Waals surface area contributed by atoms with E-state index in [1.54, 1.807) is 0 Å². The molecule has 0 atom stereocenters. The van der Waals surface area contributed by atoms with Crippen molar-refractivity contribution >= 4 is 16.6 Å². The minimum Gasteiger partial charge on any atom is -0.506 e. The molecule has 0 aliphatic heterocycles. The molecule has 0 unspecified atom stereocenters. The average Bonchev–Trinajstić information content (AvgIpc) is 2.33. The Morgan fingerprint density at radius 3 is 2.78 bits per heavy atom. The molecular formula is C12H12N2O4. The van der Waals surface area contributed by atoms with E-state index in [4.69, 9.17) is 0 Å². The van der Waals surface area contributed by atoms with Crippen molar-refractivity contribution in [3.8, 4) is 5.75 Å². The predicted molar refractivity (Wildman–Crippen MR) is 66.9 cm³/mol. The molecule has 0 saturated heterocycles. The molecule has 0 bridgehead atoms. The van der Waals surface area contributed by atoms with Crippen LogP contribution in [0.2, 0.25) is 0 Å². The fraction of sp³-hybridized carbons (Fsp3) is 0.250. The van der Waals surface area contributed by atoms with E-state index in [1.165, 1.54) is 18.2 Å². The highest BCUT2D eigenvalue weighted by molar-refractivity contribution is 5.93. The standard InChI is InChI=1S/C12H12N2O4/c1-2-4-7-11(15)10-8(13-12(7)16)5-3-6-9(10)14(17)18/h3,5-6H,2,4H2,1H3,(H2,13,15,16). The Bertz CT molecular complexity index is 676. The molecule has 0 saturated carbocycles. The van der Waals surface area contributed by atoms with Crippen LogP contribution in [0, 0.1) is 10.1 Å². The fourth-order valence-corrected chi connectivity index (χ4v) is 1.98. The Morgan fingerprint density at radius 2 is 2.17 bits per heavy atom. The van der Waals surface area contributed by atoms with Crippen LogP contribution in [0.25, 0.3) is 10.9 Å². The number of H-pyrrole nitrogens is 1. The first-order chi connectivity index (χ1) is 8.56. The van der Waals surface area contributed by atoms with Gasteiger partial charge >= 0.3 is 0 Å². The zero-order valence-electron chi connectivity index (χ0n) is 9.77. The second-order valence-corrected chi connectivity index (χ2v) is 3.99. The van der Waals surface area contributed by atoms with Crippen LogP contribution in [-0.4, -0.2) is 15.0 Å². The third-order valence-electron chi connectivity index (χ3n) is 2.78. The van der Waals surface area contributed by atoms with Crippen LogP contribution in [0.1, 0.15) is 18.9 Å². The highest BCUT2D eigenvalue weighted by Crippen LogP contribution is 2.33. The van der Waals surface area contributed by atoms with Crippen LogP contribution in [0.3, 0.4) is 0 Å². The molecule has 1 aromatic heterocycles. The normalized spacial score (nSPS) is 10.7. The van der Waals surface area contributed by atoms with E-state index < -0.39 is 10.5 Å². The number of hydrogen-bond acceptors (Lipinski definition) is 4. The number of non-ortho nitro benzene ring substituents is 1. The van der Waals surface area contributed by atoms with Crippen molar-refractivity contribution in [3.05, 3.63) is 44.2 Å². The lowest BCUT2D eigenvalue weighted by atomic mass is 10.1. The molecule has 2 N–H and O–H groups in total. The Kier molecular flexibility index (Phi) is 3.01. The minimum absolute atomic E-state index is 0.0885. The van der Waals surface area contributed by atoms with Crippen molar-refractivity contribution in [2.75, 3.05) is 0 Å². The summed E-state index contributed by atoms with van der Waals surface area (Å²) in [7, 11) is 0. The Labute approximate surface area is 102 Å². The first kappa shape index (κ1) is 12.1. The van der Waals surface area contributed by atoms with Gasteiger partial charge in [-0.3, -0.25) is 14.9 Å². The lowest BCUT2D eigenvalue weighted by Crippen LogP contribution is -2.13. The number of benzene rings is 1. The van der Waals surface area contributed by atoms with Gasteiger partial charge in [-0.05, 0) is 12.5 Å². The smallest absolute Gasteiger partial charge is 0.282 e. The van der Waals surface area contributed by atoms with Crippen LogP contribution in [-0.2, 0) is 6.42 Å². The van der Waals surface area contributed by atoms with Gasteiger partial charge in [0.15, 0.2) is 0 Å². The van der Waals surface area contributed by atoms with E-state index in [0.29, 0.717) is 12.8 Å². The first-order valence-corrected chi connectivity index (χ1v) is 5.57. The lowest BCUT2D eigenvalue weighted by Gasteiger charge is -2.06. The molecule has 1 aromatic carbocycles. The molecule has 0 amide bonds. The van der Waals surface area contributed by atoms with E-state index in [9.17, 15) is 20.0 Å². The summed E-state index contributed by atoms with van der Waals surface area (Å²) in [5.74, 6) is -0.289. The monoisotopic (exact) mass is 248 g/mol. The van der Waals surface area contributed by atoms with Gasteiger partial charge in [-0.25, -0.2) is 0 Å². The van der Waals surface area contributed by atoms with Crippen molar-refractivity contribution in [2.24, 2.45) is 0 Å². The second kappa shape index (κ2) is 4.48. The summed E-state index contributed by atoms with van der Waals surface area (Å²) >= 11 is 0. The van der Waals surface area contributed by atoms with E-state index in [-0.39, 0.29) is 27.9 Å². The van der Waals surface area contributed by atoms with E-state index in [2.05, 4.69) is 4.98 Å². The number of nitro benzene ring substituents is 1. The quantitative estimate of drug-likeness (QED) is 0.642. The van der Waals surface area contributed by atoms with Gasteiger partial charge in [0.25, 0.3) is 11.2 Å². The number of rotatable bonds is 3. The second-order valence-electron chi connectivity index (χ2n) is 3.99. The number of nitrogens with zero attached hydrogens (tertiary/aromatic N) is 1. The van der Waals surface area contributed by atoms with Crippen LogP contribution in [0.5, 0.6) is 5.75 Å². The van der Waals surface area contributed by atoms with E-state index in [0.717, 1.165) is 0 Å². The van der Waals surface area contributed by atoms with E-state index in [1.807, 2.05) is 6.92 Å². The van der Waals surface area contributed by atoms with Crippen LogP contribution in [0.15, 0.2) is 23.0 Å². The molecular weight excluding hydrogens is 236 g/mol. The average molecular weight is 248 g/mol. The number of aromatic hydroxyl groups is 1. The van der Waals surface area contributed by atoms with Gasteiger partial charge in [-0.1, -0.05) is 19.4 Å². The van der Waals surface area contributed by atoms with Crippen LogP contribution >= 0.6 is 0 Å². The van der Waals surface area contributed by atoms with Crippen molar-refractivity contribution in [1.29, 1.82) is 0 Å². The number of nitro groups is 1. The first-order valence-electron chi connectivity index (χ1n) is 5.57. The number of hydrogen-bond donors (Lipinski definition) is 2. The molecule has 6 heteroatoms. The van der Waals surface area contributed by atoms with Crippen LogP contribution in [0.4, 0.5) is 5.69 Å². The minimum atomic E-state index is -0.573. The SMILES string of the molecule is CCCc1c(O)c2c([N+](=O)[O-])cccc2[nH]c1=O. The Balaban J connectivity index is 2.89. The number of nitrogens with one attached hydrogen (secondary N) is 1. The maximum Gasteiger partial charge on any atom is 0.282 e. The Hall–Kier alpha value is -2.37. The van der Waals surface area contributed by atoms with Gasteiger partial charge in [0.05, 0.1) is 16.0 Å². The largest absolute Gasteiger partial charge is 0.506 e.